The molecule has 2 atom stereocenters. The molecule has 1 saturated carbocycles. The average molecular weight is 400 g/mol. The van der Waals surface area contributed by atoms with Crippen LogP contribution in [0, 0.1) is 11.8 Å². The van der Waals surface area contributed by atoms with E-state index in [1.165, 1.54) is 5.56 Å². The molecule has 2 aliphatic rings. The lowest BCUT2D eigenvalue weighted by Crippen LogP contribution is -2.56. The normalized spacial score (nSPS) is 27.6. The first kappa shape index (κ1) is 21.0. The Labute approximate surface area is 170 Å². The highest BCUT2D eigenvalue weighted by atomic mass is 16.4. The number of piperidine rings is 1. The van der Waals surface area contributed by atoms with Gasteiger partial charge in [0.15, 0.2) is 11.7 Å². The Balaban J connectivity index is 1.59. The molecule has 7 nitrogen and oxygen atoms in total. The number of rotatable bonds is 6. The molecule has 0 bridgehead atoms. The number of aliphatic carboxylic acids is 1. The van der Waals surface area contributed by atoms with Gasteiger partial charge in [-0.15, -0.1) is 0 Å². The Bertz CT molecular complexity index is 771. The minimum absolute atomic E-state index is 0.121. The number of hydrogen-bond acceptors (Lipinski definition) is 4. The number of carboxylic acid groups (broad SMARTS) is 1. The summed E-state index contributed by atoms with van der Waals surface area (Å²) >= 11 is 0. The van der Waals surface area contributed by atoms with Crippen molar-refractivity contribution >= 4 is 23.6 Å². The maximum Gasteiger partial charge on any atom is 0.322 e. The monoisotopic (exact) mass is 400 g/mol. The Morgan fingerprint density at radius 1 is 1.10 bits per heavy atom. The Kier molecular flexibility index (Phi) is 6.67. The van der Waals surface area contributed by atoms with Gasteiger partial charge in [0.2, 0.25) is 11.8 Å². The van der Waals surface area contributed by atoms with Crippen molar-refractivity contribution in [2.24, 2.45) is 11.8 Å². The summed E-state index contributed by atoms with van der Waals surface area (Å²) in [5, 5.41) is 10.9. The second kappa shape index (κ2) is 9.20. The third-order valence-electron chi connectivity index (χ3n) is 6.13. The largest absolute Gasteiger partial charge is 0.480 e. The molecule has 2 N–H and O–H groups in total. The van der Waals surface area contributed by atoms with Crippen LogP contribution in [-0.4, -0.2) is 52.7 Å². The molecule has 7 heteroatoms. The highest BCUT2D eigenvalue weighted by molar-refractivity contribution is 6.19. The lowest BCUT2D eigenvalue weighted by molar-refractivity contribution is -0.155. The number of nitrogens with zero attached hydrogens (tertiary/aromatic N) is 1. The van der Waals surface area contributed by atoms with Crippen LogP contribution in [0.5, 0.6) is 0 Å². The molecule has 156 valence electrons. The van der Waals surface area contributed by atoms with E-state index >= 15 is 0 Å². The van der Waals surface area contributed by atoms with E-state index in [9.17, 15) is 19.2 Å². The highest BCUT2D eigenvalue weighted by Crippen LogP contribution is 2.36. The van der Waals surface area contributed by atoms with Crippen LogP contribution in [0.1, 0.15) is 50.5 Å². The molecular formula is C22H28N2O5. The second-order valence-corrected chi connectivity index (χ2v) is 8.18. The molecule has 29 heavy (non-hydrogen) atoms. The number of Topliss-reactive ketones (excluding diaryl/α,β-unsaturated/α-hetero) is 1. The van der Waals surface area contributed by atoms with Gasteiger partial charge in [0.25, 0.3) is 0 Å². The van der Waals surface area contributed by atoms with E-state index in [4.69, 9.17) is 5.11 Å². The third kappa shape index (κ3) is 5.02. The third-order valence-corrected chi connectivity index (χ3v) is 6.13. The minimum atomic E-state index is -1.42. The Morgan fingerprint density at radius 3 is 2.38 bits per heavy atom. The summed E-state index contributed by atoms with van der Waals surface area (Å²) in [6.07, 6.45) is 4.25. The minimum Gasteiger partial charge on any atom is -0.480 e. The van der Waals surface area contributed by atoms with Crippen LogP contribution in [0.4, 0.5) is 0 Å². The van der Waals surface area contributed by atoms with E-state index in [1.54, 1.807) is 4.90 Å². The summed E-state index contributed by atoms with van der Waals surface area (Å²) in [7, 11) is 0. The molecule has 3 rings (SSSR count). The topological polar surface area (TPSA) is 104 Å². The molecule has 1 aliphatic heterocycles. The molecule has 1 aromatic rings. The fourth-order valence-electron chi connectivity index (χ4n) is 4.51. The van der Waals surface area contributed by atoms with Gasteiger partial charge < -0.3 is 15.3 Å². The van der Waals surface area contributed by atoms with Gasteiger partial charge in [0.05, 0.1) is 0 Å². The van der Waals surface area contributed by atoms with Crippen molar-refractivity contribution in [2.75, 3.05) is 13.1 Å². The van der Waals surface area contributed by atoms with Crippen molar-refractivity contribution in [3.05, 3.63) is 35.9 Å². The van der Waals surface area contributed by atoms with Gasteiger partial charge in [-0.25, -0.2) is 0 Å². The van der Waals surface area contributed by atoms with Crippen molar-refractivity contribution in [3.63, 3.8) is 0 Å². The lowest BCUT2D eigenvalue weighted by Gasteiger charge is -2.40. The van der Waals surface area contributed by atoms with Crippen molar-refractivity contribution < 1.29 is 24.3 Å². The second-order valence-electron chi connectivity index (χ2n) is 8.18. The van der Waals surface area contributed by atoms with E-state index < -0.39 is 36.0 Å². The first-order chi connectivity index (χ1) is 13.9. The number of ketones is 1. The van der Waals surface area contributed by atoms with Crippen LogP contribution < -0.4 is 5.32 Å². The van der Waals surface area contributed by atoms with Crippen LogP contribution >= 0.6 is 0 Å². The van der Waals surface area contributed by atoms with Crippen molar-refractivity contribution in [1.29, 1.82) is 0 Å². The molecule has 0 aromatic heterocycles. The van der Waals surface area contributed by atoms with Gasteiger partial charge in [-0.3, -0.25) is 19.2 Å². The first-order valence-corrected chi connectivity index (χ1v) is 10.2. The fourth-order valence-corrected chi connectivity index (χ4v) is 4.51. The number of carbonyl (C=O) groups excluding carboxylic acids is 3. The van der Waals surface area contributed by atoms with Crippen LogP contribution in [-0.2, 0) is 19.2 Å². The van der Waals surface area contributed by atoms with Crippen molar-refractivity contribution in [3.8, 4) is 0 Å². The summed E-state index contributed by atoms with van der Waals surface area (Å²) in [5.41, 5.74) is 1.36. The molecule has 0 radical (unpaired) electrons. The quantitative estimate of drug-likeness (QED) is 0.711. The number of carboxylic acids is 1. The summed E-state index contributed by atoms with van der Waals surface area (Å²) < 4.78 is 0. The molecule has 2 amide bonds. The van der Waals surface area contributed by atoms with Crippen LogP contribution in [0.3, 0.4) is 0 Å². The highest BCUT2D eigenvalue weighted by Gasteiger charge is 2.44. The first-order valence-electron chi connectivity index (χ1n) is 10.2. The summed E-state index contributed by atoms with van der Waals surface area (Å²) in [4.78, 5) is 49.7. The smallest absolute Gasteiger partial charge is 0.322 e. The standard InChI is InChI=1S/C22H28N2O5/c1-14-11-18(25)20(21(28)23-12-19(26)27)22(29)24(14)13-15-7-9-17(10-8-15)16-5-3-2-4-6-16/h2-6,14-15,17,20H,7-13H2,1H3,(H,23,28)(H,26,27). The van der Waals surface area contributed by atoms with Gasteiger partial charge >= 0.3 is 5.97 Å². The number of hydrogen-bond donors (Lipinski definition) is 2. The lowest BCUT2D eigenvalue weighted by atomic mass is 9.78. The zero-order valence-electron chi connectivity index (χ0n) is 16.7. The maximum atomic E-state index is 12.9. The molecule has 1 heterocycles. The number of likely N-dealkylation sites (tertiary alicyclic amines) is 1. The zero-order valence-corrected chi connectivity index (χ0v) is 16.7. The molecule has 0 spiro atoms. The van der Waals surface area contributed by atoms with E-state index in [0.717, 1.165) is 25.7 Å². The molecule has 1 saturated heterocycles. The van der Waals surface area contributed by atoms with E-state index in [-0.39, 0.29) is 12.5 Å². The fraction of sp³-hybridized carbons (Fsp3) is 0.545. The molecule has 2 fully saturated rings. The maximum absolute atomic E-state index is 12.9. The van der Waals surface area contributed by atoms with Crippen LogP contribution in [0.2, 0.25) is 0 Å². The van der Waals surface area contributed by atoms with Gasteiger partial charge in [0, 0.05) is 19.0 Å². The average Bonchev–Trinajstić information content (AvgIpc) is 2.70. The molecular weight excluding hydrogens is 372 g/mol. The number of carbonyl (C=O) groups is 4. The van der Waals surface area contributed by atoms with Crippen LogP contribution in [0.15, 0.2) is 30.3 Å². The Morgan fingerprint density at radius 2 is 1.76 bits per heavy atom. The van der Waals surface area contributed by atoms with Gasteiger partial charge in [0.1, 0.15) is 6.54 Å². The number of nitrogens with one attached hydrogen (secondary N) is 1. The van der Waals surface area contributed by atoms with Gasteiger partial charge in [-0.1, -0.05) is 30.3 Å². The number of amides is 2. The predicted molar refractivity (Wildman–Crippen MR) is 106 cm³/mol. The van der Waals surface area contributed by atoms with Gasteiger partial charge in [-0.2, -0.15) is 0 Å². The summed E-state index contributed by atoms with van der Waals surface area (Å²) in [6.45, 7) is 1.77. The molecule has 1 aromatic carbocycles. The predicted octanol–water partition coefficient (Wildman–Crippen LogP) is 1.97. The van der Waals surface area contributed by atoms with Crippen molar-refractivity contribution in [2.45, 2.75) is 51.0 Å². The van der Waals surface area contributed by atoms with E-state index in [2.05, 4.69) is 29.6 Å². The van der Waals surface area contributed by atoms with Gasteiger partial charge in [-0.05, 0) is 50.0 Å². The zero-order chi connectivity index (χ0) is 21.0. The van der Waals surface area contributed by atoms with E-state index in [0.29, 0.717) is 18.4 Å². The molecule has 2 unspecified atom stereocenters. The SMILES string of the molecule is CC1CC(=O)C(C(=O)NCC(=O)O)C(=O)N1CC1CCC(c2ccccc2)CC1. The van der Waals surface area contributed by atoms with E-state index in [1.807, 2.05) is 13.0 Å². The Hall–Kier alpha value is -2.70. The van der Waals surface area contributed by atoms with Crippen LogP contribution in [0.25, 0.3) is 0 Å². The summed E-state index contributed by atoms with van der Waals surface area (Å²) in [5.74, 6) is -3.50. The number of benzene rings is 1. The molecule has 1 aliphatic carbocycles. The van der Waals surface area contributed by atoms with Crippen molar-refractivity contribution in [1.82, 2.24) is 10.2 Å². The summed E-state index contributed by atoms with van der Waals surface area (Å²) in [6, 6.07) is 10.2.